The fourth-order valence-corrected chi connectivity index (χ4v) is 3.92. The number of likely N-dealkylation sites (tertiary alicyclic amines) is 1. The van der Waals surface area contributed by atoms with Crippen LogP contribution in [0.4, 0.5) is 0 Å². The first-order chi connectivity index (χ1) is 14.2. The number of aryl methyl sites for hydroxylation is 1. The third-order valence-electron chi connectivity index (χ3n) is 5.69. The van der Waals surface area contributed by atoms with Crippen LogP contribution < -0.4 is 16.0 Å². The van der Waals surface area contributed by atoms with Crippen molar-refractivity contribution in [2.45, 2.75) is 38.6 Å². The van der Waals surface area contributed by atoms with Gasteiger partial charge in [0, 0.05) is 58.0 Å². The fraction of sp³-hybridized carbons (Fsp3) is 0.714. The highest BCUT2D eigenvalue weighted by molar-refractivity contribution is 5.92. The monoisotopic (exact) mass is 405 g/mol. The molecule has 1 aromatic rings. The molecule has 2 saturated heterocycles. The lowest BCUT2D eigenvalue weighted by molar-refractivity contribution is 0.0925. The van der Waals surface area contributed by atoms with Gasteiger partial charge in [-0.2, -0.15) is 0 Å². The van der Waals surface area contributed by atoms with E-state index in [2.05, 4.69) is 25.8 Å². The minimum absolute atomic E-state index is 0.161. The lowest BCUT2D eigenvalue weighted by Gasteiger charge is -2.34. The predicted octanol–water partition coefficient (Wildman–Crippen LogP) is 1.37. The predicted molar refractivity (Wildman–Crippen MR) is 113 cm³/mol. The van der Waals surface area contributed by atoms with E-state index in [1.165, 1.54) is 19.2 Å². The van der Waals surface area contributed by atoms with Crippen LogP contribution in [0.2, 0.25) is 0 Å². The summed E-state index contributed by atoms with van der Waals surface area (Å²) in [5.41, 5.74) is 0.854. The maximum absolute atomic E-state index is 12.0. The van der Waals surface area contributed by atoms with Crippen LogP contribution in [0.15, 0.2) is 21.7 Å². The molecule has 1 unspecified atom stereocenters. The summed E-state index contributed by atoms with van der Waals surface area (Å²) in [7, 11) is 1.80. The Kier molecular flexibility index (Phi) is 8.37. The maximum atomic E-state index is 12.0. The van der Waals surface area contributed by atoms with Crippen LogP contribution in [-0.4, -0.2) is 75.8 Å². The number of guanidine groups is 1. The number of nitrogens with zero attached hydrogens (tertiary/aromatic N) is 2. The fourth-order valence-electron chi connectivity index (χ4n) is 3.92. The van der Waals surface area contributed by atoms with Crippen molar-refractivity contribution in [3.05, 3.63) is 23.7 Å². The smallest absolute Gasteiger partial charge is 0.287 e. The van der Waals surface area contributed by atoms with Gasteiger partial charge in [0.15, 0.2) is 11.7 Å². The largest absolute Gasteiger partial charge is 0.459 e. The summed E-state index contributed by atoms with van der Waals surface area (Å²) in [6, 6.07) is 2.25. The topological polar surface area (TPSA) is 91.1 Å². The third-order valence-corrected chi connectivity index (χ3v) is 5.69. The zero-order chi connectivity index (χ0) is 20.5. The van der Waals surface area contributed by atoms with Crippen LogP contribution in [0.5, 0.6) is 0 Å². The van der Waals surface area contributed by atoms with Gasteiger partial charge in [0.1, 0.15) is 0 Å². The molecule has 8 heteroatoms. The molecule has 1 atom stereocenters. The Hall–Kier alpha value is -2.06. The highest BCUT2D eigenvalue weighted by atomic mass is 16.5. The highest BCUT2D eigenvalue weighted by Crippen LogP contribution is 2.17. The Morgan fingerprint density at radius 2 is 2.03 bits per heavy atom. The van der Waals surface area contributed by atoms with Gasteiger partial charge in [-0.05, 0) is 44.6 Å². The van der Waals surface area contributed by atoms with Gasteiger partial charge in [-0.3, -0.25) is 9.79 Å². The molecule has 1 aromatic heterocycles. The lowest BCUT2D eigenvalue weighted by atomic mass is 10.0. The summed E-state index contributed by atoms with van der Waals surface area (Å²) >= 11 is 0. The molecule has 0 aromatic carbocycles. The zero-order valence-electron chi connectivity index (χ0n) is 17.7. The molecule has 1 amide bonds. The van der Waals surface area contributed by atoms with Gasteiger partial charge >= 0.3 is 0 Å². The number of rotatable bonds is 8. The van der Waals surface area contributed by atoms with E-state index in [1.807, 2.05) is 6.92 Å². The highest BCUT2D eigenvalue weighted by Gasteiger charge is 2.24. The summed E-state index contributed by atoms with van der Waals surface area (Å²) in [6.07, 6.45) is 5.82. The van der Waals surface area contributed by atoms with Crippen molar-refractivity contribution in [1.82, 2.24) is 20.9 Å². The Morgan fingerprint density at radius 1 is 1.24 bits per heavy atom. The zero-order valence-corrected chi connectivity index (χ0v) is 17.7. The van der Waals surface area contributed by atoms with Crippen molar-refractivity contribution in [1.29, 1.82) is 0 Å². The summed E-state index contributed by atoms with van der Waals surface area (Å²) in [5, 5.41) is 9.76. The van der Waals surface area contributed by atoms with Crippen LogP contribution in [0.1, 0.15) is 41.8 Å². The van der Waals surface area contributed by atoms with Crippen LogP contribution in [0, 0.1) is 12.8 Å². The number of carbonyl (C=O) groups is 1. The minimum atomic E-state index is -0.161. The molecule has 0 bridgehead atoms. The van der Waals surface area contributed by atoms with E-state index in [-0.39, 0.29) is 5.91 Å². The normalized spacial score (nSPS) is 21.3. The van der Waals surface area contributed by atoms with Gasteiger partial charge in [-0.25, -0.2) is 0 Å². The van der Waals surface area contributed by atoms with E-state index >= 15 is 0 Å². The quantitative estimate of drug-likeness (QED) is 0.344. The number of hydrogen-bond donors (Lipinski definition) is 3. The molecule has 8 nitrogen and oxygen atoms in total. The first kappa shape index (κ1) is 21.6. The van der Waals surface area contributed by atoms with Crippen molar-refractivity contribution < 1.29 is 13.9 Å². The molecule has 0 aliphatic carbocycles. The number of ether oxygens (including phenoxy) is 1. The number of carbonyl (C=O) groups excluding carboxylic acids is 1. The molecule has 0 spiro atoms. The number of amides is 1. The van der Waals surface area contributed by atoms with Crippen molar-refractivity contribution in [3.63, 3.8) is 0 Å². The van der Waals surface area contributed by atoms with E-state index in [0.29, 0.717) is 24.3 Å². The Balaban J connectivity index is 1.27. The van der Waals surface area contributed by atoms with Crippen LogP contribution in [0.25, 0.3) is 0 Å². The molecular formula is C21H35N5O3. The van der Waals surface area contributed by atoms with Crippen LogP contribution in [-0.2, 0) is 4.74 Å². The number of furan rings is 1. The first-order valence-electron chi connectivity index (χ1n) is 10.7. The molecule has 2 aliphatic heterocycles. The average Bonchev–Trinajstić information content (AvgIpc) is 3.39. The second-order valence-electron chi connectivity index (χ2n) is 7.99. The van der Waals surface area contributed by atoms with Gasteiger partial charge in [0.2, 0.25) is 0 Å². The summed E-state index contributed by atoms with van der Waals surface area (Å²) < 4.78 is 10.7. The van der Waals surface area contributed by atoms with Gasteiger partial charge in [-0.15, -0.1) is 0 Å². The molecule has 162 valence electrons. The molecule has 0 radical (unpaired) electrons. The van der Waals surface area contributed by atoms with Crippen molar-refractivity contribution in [2.75, 3.05) is 53.0 Å². The van der Waals surface area contributed by atoms with Gasteiger partial charge in [-0.1, -0.05) is 0 Å². The van der Waals surface area contributed by atoms with Crippen LogP contribution in [0.3, 0.4) is 0 Å². The standard InChI is InChI=1S/C21H35N5O3/c1-16-6-13-29-19(16)20(27)23-8-3-9-24-21(22-2)25-18-4-10-26(11-5-18)14-17-7-12-28-15-17/h6,13,17-18H,3-5,7-12,14-15H2,1-2H3,(H,23,27)(H2,22,24,25). The van der Waals surface area contributed by atoms with Gasteiger partial charge in [0.25, 0.3) is 5.91 Å². The van der Waals surface area contributed by atoms with E-state index < -0.39 is 0 Å². The second kappa shape index (κ2) is 11.2. The van der Waals surface area contributed by atoms with E-state index in [9.17, 15) is 4.79 Å². The van der Waals surface area contributed by atoms with E-state index in [1.54, 1.807) is 13.1 Å². The molecule has 3 heterocycles. The summed E-state index contributed by atoms with van der Waals surface area (Å²) in [6.45, 7) is 8.48. The molecular weight excluding hydrogens is 370 g/mol. The minimum Gasteiger partial charge on any atom is -0.459 e. The Bertz CT molecular complexity index is 661. The molecule has 29 heavy (non-hydrogen) atoms. The Morgan fingerprint density at radius 3 is 2.69 bits per heavy atom. The summed E-state index contributed by atoms with van der Waals surface area (Å²) in [5.74, 6) is 1.78. The molecule has 3 rings (SSSR count). The molecule has 2 aliphatic rings. The number of nitrogens with one attached hydrogen (secondary N) is 3. The molecule has 2 fully saturated rings. The number of piperidine rings is 1. The van der Waals surface area contributed by atoms with E-state index in [0.717, 1.165) is 63.6 Å². The number of aliphatic imine (C=N–C) groups is 1. The average molecular weight is 406 g/mol. The molecule has 0 saturated carbocycles. The first-order valence-corrected chi connectivity index (χ1v) is 10.7. The van der Waals surface area contributed by atoms with Crippen LogP contribution >= 0.6 is 0 Å². The van der Waals surface area contributed by atoms with Crippen molar-refractivity contribution >= 4 is 11.9 Å². The molecule has 3 N–H and O–H groups in total. The van der Waals surface area contributed by atoms with Gasteiger partial charge in [0.05, 0.1) is 12.9 Å². The second-order valence-corrected chi connectivity index (χ2v) is 7.99. The van der Waals surface area contributed by atoms with Gasteiger partial charge < -0.3 is 30.0 Å². The number of hydrogen-bond acceptors (Lipinski definition) is 5. The summed E-state index contributed by atoms with van der Waals surface area (Å²) in [4.78, 5) is 18.9. The van der Waals surface area contributed by atoms with Crippen molar-refractivity contribution in [2.24, 2.45) is 10.9 Å². The third kappa shape index (κ3) is 6.75. The van der Waals surface area contributed by atoms with E-state index in [4.69, 9.17) is 9.15 Å². The lowest BCUT2D eigenvalue weighted by Crippen LogP contribution is -2.49. The SMILES string of the molecule is CN=C(NCCCNC(=O)c1occc1C)NC1CCN(CC2CCOC2)CC1. The maximum Gasteiger partial charge on any atom is 0.287 e. The van der Waals surface area contributed by atoms with Crippen molar-refractivity contribution in [3.8, 4) is 0 Å². The Labute approximate surface area is 173 Å².